The smallest absolute Gasteiger partial charge is 0.320 e. The summed E-state index contributed by atoms with van der Waals surface area (Å²) in [5.74, 6) is 1.45. The van der Waals surface area contributed by atoms with Crippen LogP contribution in [0.3, 0.4) is 0 Å². The van der Waals surface area contributed by atoms with Crippen LogP contribution in [0.5, 0.6) is 11.6 Å². The zero-order valence-corrected chi connectivity index (χ0v) is 14.9. The third-order valence-electron chi connectivity index (χ3n) is 3.62. The molecule has 2 amide bonds. The molecule has 8 heteroatoms. The van der Waals surface area contributed by atoms with Crippen LogP contribution in [-0.4, -0.2) is 41.6 Å². The van der Waals surface area contributed by atoms with Gasteiger partial charge in [0.1, 0.15) is 0 Å². The molecule has 25 heavy (non-hydrogen) atoms. The molecule has 0 spiro atoms. The lowest BCUT2D eigenvalue weighted by molar-refractivity contribution is 0.193. The maximum Gasteiger partial charge on any atom is 0.320 e. The molecule has 0 aliphatic heterocycles. The topological polar surface area (TPSA) is 90.3 Å². The van der Waals surface area contributed by atoms with E-state index in [0.717, 1.165) is 31.4 Å². The number of hydrogen-bond acceptors (Lipinski definition) is 5. The molecule has 2 aromatic heterocycles. The molecular formula is C17H25N5O3. The molecule has 0 atom stereocenters. The summed E-state index contributed by atoms with van der Waals surface area (Å²) >= 11 is 0. The van der Waals surface area contributed by atoms with E-state index in [0.29, 0.717) is 24.0 Å². The number of pyridine rings is 1. The van der Waals surface area contributed by atoms with Crippen LogP contribution in [0.15, 0.2) is 24.5 Å². The highest BCUT2D eigenvalue weighted by molar-refractivity contribution is 5.89. The molecule has 0 radical (unpaired) electrons. The Kier molecular flexibility index (Phi) is 7.21. The van der Waals surface area contributed by atoms with Gasteiger partial charge in [0.2, 0.25) is 5.88 Å². The Morgan fingerprint density at radius 1 is 1.36 bits per heavy atom. The van der Waals surface area contributed by atoms with Gasteiger partial charge in [0, 0.05) is 39.6 Å². The number of rotatable bonds is 9. The van der Waals surface area contributed by atoms with E-state index in [-0.39, 0.29) is 6.03 Å². The van der Waals surface area contributed by atoms with Gasteiger partial charge in [0.05, 0.1) is 6.20 Å². The summed E-state index contributed by atoms with van der Waals surface area (Å²) < 4.78 is 12.8. The first-order valence-electron chi connectivity index (χ1n) is 8.34. The molecular weight excluding hydrogens is 322 g/mol. The summed E-state index contributed by atoms with van der Waals surface area (Å²) in [5, 5.41) is 9.37. The number of ether oxygens (including phenoxy) is 2. The van der Waals surface area contributed by atoms with Gasteiger partial charge in [0.25, 0.3) is 0 Å². The predicted octanol–water partition coefficient (Wildman–Crippen LogP) is 2.81. The van der Waals surface area contributed by atoms with Crippen LogP contribution in [0.2, 0.25) is 0 Å². The molecule has 0 saturated carbocycles. The molecule has 0 aliphatic carbocycles. The van der Waals surface area contributed by atoms with Crippen molar-refractivity contribution in [2.24, 2.45) is 0 Å². The van der Waals surface area contributed by atoms with Crippen LogP contribution >= 0.6 is 0 Å². The molecule has 136 valence electrons. The van der Waals surface area contributed by atoms with Crippen LogP contribution in [0.25, 0.3) is 0 Å². The first-order valence-corrected chi connectivity index (χ1v) is 8.34. The summed E-state index contributed by atoms with van der Waals surface area (Å²) in [6.45, 7) is 3.40. The van der Waals surface area contributed by atoms with Gasteiger partial charge in [-0.3, -0.25) is 5.32 Å². The molecule has 2 rings (SSSR count). The Hall–Kier alpha value is -2.61. The summed E-state index contributed by atoms with van der Waals surface area (Å²) in [5.41, 5.74) is 1.04. The number of aryl methyl sites for hydroxylation is 2. The first-order chi connectivity index (χ1) is 12.2. The second-order valence-electron chi connectivity index (χ2n) is 5.43. The van der Waals surface area contributed by atoms with Gasteiger partial charge in [-0.05, 0) is 37.8 Å². The van der Waals surface area contributed by atoms with Gasteiger partial charge >= 0.3 is 6.03 Å². The van der Waals surface area contributed by atoms with Crippen LogP contribution in [-0.2, 0) is 17.7 Å². The van der Waals surface area contributed by atoms with Crippen molar-refractivity contribution in [1.82, 2.24) is 20.1 Å². The molecule has 0 aromatic carbocycles. The molecule has 0 aliphatic rings. The van der Waals surface area contributed by atoms with E-state index in [4.69, 9.17) is 9.47 Å². The van der Waals surface area contributed by atoms with Crippen molar-refractivity contribution in [3.05, 3.63) is 30.1 Å². The Labute approximate surface area is 147 Å². The van der Waals surface area contributed by atoms with Gasteiger partial charge in [-0.2, -0.15) is 5.10 Å². The van der Waals surface area contributed by atoms with E-state index in [1.165, 1.54) is 0 Å². The molecule has 2 aromatic rings. The van der Waals surface area contributed by atoms with Gasteiger partial charge in [0.15, 0.2) is 11.6 Å². The lowest BCUT2D eigenvalue weighted by Crippen LogP contribution is -2.25. The van der Waals surface area contributed by atoms with Crippen molar-refractivity contribution in [2.45, 2.75) is 32.7 Å². The third kappa shape index (κ3) is 5.46. The maximum absolute atomic E-state index is 11.6. The van der Waals surface area contributed by atoms with Gasteiger partial charge in [-0.15, -0.1) is 0 Å². The fourth-order valence-electron chi connectivity index (χ4n) is 2.30. The van der Waals surface area contributed by atoms with E-state index in [1.54, 1.807) is 37.3 Å². The number of aromatic nitrogens is 3. The minimum Gasteiger partial charge on any atom is -0.435 e. The zero-order valence-electron chi connectivity index (χ0n) is 14.9. The molecule has 8 nitrogen and oxygen atoms in total. The number of nitrogens with one attached hydrogen (secondary N) is 2. The quantitative estimate of drug-likeness (QED) is 0.681. The predicted molar refractivity (Wildman–Crippen MR) is 95.1 cm³/mol. The second-order valence-corrected chi connectivity index (χ2v) is 5.43. The van der Waals surface area contributed by atoms with Crippen LogP contribution in [0, 0.1) is 0 Å². The number of methoxy groups -OCH3 is 1. The van der Waals surface area contributed by atoms with E-state index in [9.17, 15) is 4.79 Å². The van der Waals surface area contributed by atoms with Gasteiger partial charge in [-0.25, -0.2) is 14.5 Å². The van der Waals surface area contributed by atoms with E-state index >= 15 is 0 Å². The standard InChI is InChI=1S/C17H25N5O3/c1-4-22-15(8-9-20-22)25-14-11-13(7-5-6-10-24-3)12-19-16(14)21-17(23)18-2/h8-9,11-12H,4-7,10H2,1-3H3,(H2,18,19,21,23). The molecule has 0 fully saturated rings. The fraction of sp³-hybridized carbons (Fsp3) is 0.471. The summed E-state index contributed by atoms with van der Waals surface area (Å²) in [6, 6.07) is 3.32. The highest BCUT2D eigenvalue weighted by Crippen LogP contribution is 2.29. The third-order valence-corrected chi connectivity index (χ3v) is 3.62. The van der Waals surface area contributed by atoms with Gasteiger partial charge < -0.3 is 14.8 Å². The van der Waals surface area contributed by atoms with Crippen molar-refractivity contribution in [1.29, 1.82) is 0 Å². The number of hydrogen-bond donors (Lipinski definition) is 2. The number of anilines is 1. The Balaban J connectivity index is 2.19. The van der Waals surface area contributed by atoms with E-state index < -0.39 is 0 Å². The SMILES string of the molecule is CCn1nccc1Oc1cc(CCCCOC)cnc1NC(=O)NC. The average molecular weight is 347 g/mol. The number of carbonyl (C=O) groups excluding carboxylic acids is 1. The number of nitrogens with zero attached hydrogens (tertiary/aromatic N) is 3. The van der Waals surface area contributed by atoms with E-state index in [1.807, 2.05) is 13.0 Å². The Morgan fingerprint density at radius 2 is 2.20 bits per heavy atom. The minimum atomic E-state index is -0.353. The summed E-state index contributed by atoms with van der Waals surface area (Å²) in [6.07, 6.45) is 6.26. The van der Waals surface area contributed by atoms with Crippen molar-refractivity contribution in [3.63, 3.8) is 0 Å². The first kappa shape index (κ1) is 18.7. The largest absolute Gasteiger partial charge is 0.435 e. The van der Waals surface area contributed by atoms with Crippen molar-refractivity contribution >= 4 is 11.8 Å². The molecule has 0 bridgehead atoms. The highest BCUT2D eigenvalue weighted by atomic mass is 16.5. The monoisotopic (exact) mass is 347 g/mol. The average Bonchev–Trinajstić information content (AvgIpc) is 3.07. The molecule has 0 saturated heterocycles. The Morgan fingerprint density at radius 3 is 2.92 bits per heavy atom. The maximum atomic E-state index is 11.6. The van der Waals surface area contributed by atoms with Crippen LogP contribution in [0.4, 0.5) is 10.6 Å². The lowest BCUT2D eigenvalue weighted by atomic mass is 10.1. The molecule has 0 unspecified atom stereocenters. The Bertz CT molecular complexity index is 687. The number of carbonyl (C=O) groups is 1. The minimum absolute atomic E-state index is 0.353. The number of unbranched alkanes of at least 4 members (excludes halogenated alkanes) is 1. The fourth-order valence-corrected chi connectivity index (χ4v) is 2.30. The second kappa shape index (κ2) is 9.63. The normalized spacial score (nSPS) is 10.5. The van der Waals surface area contributed by atoms with Crippen molar-refractivity contribution < 1.29 is 14.3 Å². The van der Waals surface area contributed by atoms with E-state index in [2.05, 4.69) is 20.7 Å². The summed E-state index contributed by atoms with van der Waals surface area (Å²) in [7, 11) is 3.25. The highest BCUT2D eigenvalue weighted by Gasteiger charge is 2.13. The number of urea groups is 1. The van der Waals surface area contributed by atoms with Crippen molar-refractivity contribution in [2.75, 3.05) is 26.1 Å². The van der Waals surface area contributed by atoms with Gasteiger partial charge in [-0.1, -0.05) is 0 Å². The number of amides is 2. The molecule has 2 heterocycles. The summed E-state index contributed by atoms with van der Waals surface area (Å²) in [4.78, 5) is 16.0. The van der Waals surface area contributed by atoms with Crippen molar-refractivity contribution in [3.8, 4) is 11.6 Å². The van der Waals surface area contributed by atoms with Crippen LogP contribution in [0.1, 0.15) is 25.3 Å². The van der Waals surface area contributed by atoms with Crippen LogP contribution < -0.4 is 15.4 Å². The zero-order chi connectivity index (χ0) is 18.1. The lowest BCUT2D eigenvalue weighted by Gasteiger charge is -2.13. The molecule has 2 N–H and O–H groups in total.